The van der Waals surface area contributed by atoms with Crippen molar-refractivity contribution in [2.24, 2.45) is 0 Å². The van der Waals surface area contributed by atoms with Crippen molar-refractivity contribution in [3.05, 3.63) is 39.4 Å². The van der Waals surface area contributed by atoms with E-state index < -0.39 is 0 Å². The van der Waals surface area contributed by atoms with Gasteiger partial charge in [0, 0.05) is 11.1 Å². The molecule has 0 radical (unpaired) electrons. The van der Waals surface area contributed by atoms with Crippen LogP contribution in [0.1, 0.15) is 50.7 Å². The molecule has 0 aliphatic heterocycles. The minimum atomic E-state index is -0.259. The molecule has 3 nitrogen and oxygen atoms in total. The van der Waals surface area contributed by atoms with Crippen LogP contribution < -0.4 is 0 Å². The number of para-hydroxylation sites is 1. The smallest absolute Gasteiger partial charge is 0.258 e. The van der Waals surface area contributed by atoms with E-state index in [1.807, 2.05) is 45.9 Å². The lowest BCUT2D eigenvalue weighted by Gasteiger charge is -2.12. The van der Waals surface area contributed by atoms with Crippen LogP contribution in [-0.4, -0.2) is 4.92 Å². The predicted molar refractivity (Wildman–Crippen MR) is 61.3 cm³/mol. The van der Waals surface area contributed by atoms with Crippen molar-refractivity contribution in [3.8, 4) is 0 Å². The first-order valence-electron chi connectivity index (χ1n) is 5.22. The average Bonchev–Trinajstić information content (AvgIpc) is 2.16. The van der Waals surface area contributed by atoms with Gasteiger partial charge in [0.1, 0.15) is 0 Å². The summed E-state index contributed by atoms with van der Waals surface area (Å²) in [5, 5.41) is 11.1. The Morgan fingerprint density at radius 2 is 1.47 bits per heavy atom. The fraction of sp³-hybridized carbons (Fsp3) is 0.500. The van der Waals surface area contributed by atoms with Crippen LogP contribution in [0.2, 0.25) is 0 Å². The number of nitrogens with zero attached hydrogens (tertiary/aromatic N) is 1. The standard InChI is InChI=1S/C12H17NO2/c1-8(2)10-6-5-7-11(9(3)4)12(10)13(14)15/h5-9H,1-4H3. The highest BCUT2D eigenvalue weighted by Crippen LogP contribution is 2.33. The molecular formula is C12H17NO2. The fourth-order valence-corrected chi connectivity index (χ4v) is 1.72. The van der Waals surface area contributed by atoms with Crippen LogP contribution in [0.4, 0.5) is 5.69 Å². The highest BCUT2D eigenvalue weighted by atomic mass is 16.6. The summed E-state index contributed by atoms with van der Waals surface area (Å²) in [5.74, 6) is 0.369. The molecule has 0 saturated heterocycles. The highest BCUT2D eigenvalue weighted by Gasteiger charge is 2.22. The van der Waals surface area contributed by atoms with Gasteiger partial charge in [-0.15, -0.1) is 0 Å². The summed E-state index contributed by atoms with van der Waals surface area (Å²) >= 11 is 0. The molecule has 0 fully saturated rings. The summed E-state index contributed by atoms with van der Waals surface area (Å²) in [6, 6.07) is 5.58. The SMILES string of the molecule is CC(C)c1cccc(C(C)C)c1[N+](=O)[O-]. The fourth-order valence-electron chi connectivity index (χ4n) is 1.72. The molecule has 0 amide bonds. The monoisotopic (exact) mass is 207 g/mol. The van der Waals surface area contributed by atoms with E-state index in [4.69, 9.17) is 0 Å². The molecule has 0 bridgehead atoms. The second kappa shape index (κ2) is 4.43. The maximum atomic E-state index is 11.1. The predicted octanol–water partition coefficient (Wildman–Crippen LogP) is 3.84. The van der Waals surface area contributed by atoms with E-state index in [-0.39, 0.29) is 16.8 Å². The first-order chi connectivity index (χ1) is 6.95. The topological polar surface area (TPSA) is 43.1 Å². The van der Waals surface area contributed by atoms with E-state index in [9.17, 15) is 10.1 Å². The first kappa shape index (κ1) is 11.7. The first-order valence-corrected chi connectivity index (χ1v) is 5.22. The largest absolute Gasteiger partial charge is 0.276 e. The van der Waals surface area contributed by atoms with Crippen molar-refractivity contribution < 1.29 is 4.92 Å². The Hall–Kier alpha value is -1.38. The average molecular weight is 207 g/mol. The molecular weight excluding hydrogens is 190 g/mol. The molecule has 3 heteroatoms. The van der Waals surface area contributed by atoms with Gasteiger partial charge in [0.2, 0.25) is 0 Å². The molecule has 82 valence electrons. The molecule has 0 unspecified atom stereocenters. The number of nitro groups is 1. The Bertz CT molecular complexity index is 344. The number of benzene rings is 1. The second-order valence-corrected chi connectivity index (χ2v) is 4.35. The van der Waals surface area contributed by atoms with E-state index in [1.54, 1.807) is 0 Å². The van der Waals surface area contributed by atoms with Crippen LogP contribution in [-0.2, 0) is 0 Å². The van der Waals surface area contributed by atoms with Crippen LogP contribution in [0, 0.1) is 10.1 Å². The lowest BCUT2D eigenvalue weighted by Crippen LogP contribution is -2.03. The zero-order valence-corrected chi connectivity index (χ0v) is 9.65. The van der Waals surface area contributed by atoms with E-state index in [0.717, 1.165) is 11.1 Å². The van der Waals surface area contributed by atoms with E-state index in [2.05, 4.69) is 0 Å². The molecule has 1 aromatic rings. The third-order valence-electron chi connectivity index (χ3n) is 2.53. The molecule has 0 N–H and O–H groups in total. The van der Waals surface area contributed by atoms with Gasteiger partial charge in [-0.05, 0) is 11.8 Å². The van der Waals surface area contributed by atoms with Gasteiger partial charge >= 0.3 is 0 Å². The van der Waals surface area contributed by atoms with E-state index in [0.29, 0.717) is 5.69 Å². The minimum Gasteiger partial charge on any atom is -0.258 e. The minimum absolute atomic E-state index is 0.184. The van der Waals surface area contributed by atoms with Crippen molar-refractivity contribution in [2.45, 2.75) is 39.5 Å². The molecule has 0 saturated carbocycles. The molecule has 15 heavy (non-hydrogen) atoms. The molecule has 0 spiro atoms. The molecule has 0 heterocycles. The van der Waals surface area contributed by atoms with Gasteiger partial charge < -0.3 is 0 Å². The van der Waals surface area contributed by atoms with Crippen LogP contribution in [0.15, 0.2) is 18.2 Å². The van der Waals surface area contributed by atoms with Crippen molar-refractivity contribution in [3.63, 3.8) is 0 Å². The third-order valence-corrected chi connectivity index (χ3v) is 2.53. The number of nitro benzene ring substituents is 1. The van der Waals surface area contributed by atoms with Crippen molar-refractivity contribution in [2.75, 3.05) is 0 Å². The Morgan fingerprint density at radius 3 is 1.73 bits per heavy atom. The Kier molecular flexibility index (Phi) is 3.45. The summed E-state index contributed by atoms with van der Waals surface area (Å²) in [6.07, 6.45) is 0. The second-order valence-electron chi connectivity index (χ2n) is 4.35. The van der Waals surface area contributed by atoms with Crippen LogP contribution >= 0.6 is 0 Å². The molecule has 0 aliphatic carbocycles. The Morgan fingerprint density at radius 1 is 1.07 bits per heavy atom. The number of hydrogen-bond acceptors (Lipinski definition) is 2. The maximum Gasteiger partial charge on any atom is 0.276 e. The Balaban J connectivity index is 3.42. The van der Waals surface area contributed by atoms with Gasteiger partial charge in [0.05, 0.1) is 4.92 Å². The molecule has 0 aromatic heterocycles. The number of hydrogen-bond donors (Lipinski definition) is 0. The van der Waals surface area contributed by atoms with Crippen molar-refractivity contribution in [1.82, 2.24) is 0 Å². The quantitative estimate of drug-likeness (QED) is 0.558. The number of rotatable bonds is 3. The third kappa shape index (κ3) is 2.35. The molecule has 1 aromatic carbocycles. The lowest BCUT2D eigenvalue weighted by atomic mass is 9.93. The highest BCUT2D eigenvalue weighted by molar-refractivity contribution is 5.50. The zero-order valence-electron chi connectivity index (χ0n) is 9.65. The maximum absolute atomic E-state index is 11.1. The van der Waals surface area contributed by atoms with Crippen molar-refractivity contribution in [1.29, 1.82) is 0 Å². The molecule has 0 aliphatic rings. The normalized spacial score (nSPS) is 11.1. The van der Waals surface area contributed by atoms with Gasteiger partial charge in [-0.2, -0.15) is 0 Å². The van der Waals surface area contributed by atoms with E-state index in [1.165, 1.54) is 0 Å². The lowest BCUT2D eigenvalue weighted by molar-refractivity contribution is -0.386. The van der Waals surface area contributed by atoms with Gasteiger partial charge in [-0.25, -0.2) is 0 Å². The van der Waals surface area contributed by atoms with E-state index >= 15 is 0 Å². The van der Waals surface area contributed by atoms with Gasteiger partial charge in [0.25, 0.3) is 5.69 Å². The van der Waals surface area contributed by atoms with Gasteiger partial charge in [-0.1, -0.05) is 45.9 Å². The summed E-state index contributed by atoms with van der Waals surface area (Å²) < 4.78 is 0. The summed E-state index contributed by atoms with van der Waals surface area (Å²) in [6.45, 7) is 7.91. The van der Waals surface area contributed by atoms with Crippen LogP contribution in [0.3, 0.4) is 0 Å². The molecule has 1 rings (SSSR count). The van der Waals surface area contributed by atoms with Crippen molar-refractivity contribution >= 4 is 5.69 Å². The zero-order chi connectivity index (χ0) is 11.6. The van der Waals surface area contributed by atoms with Gasteiger partial charge in [-0.3, -0.25) is 10.1 Å². The summed E-state index contributed by atoms with van der Waals surface area (Å²) in [4.78, 5) is 10.8. The molecule has 0 atom stereocenters. The Labute approximate surface area is 90.3 Å². The summed E-state index contributed by atoms with van der Waals surface area (Å²) in [7, 11) is 0. The summed E-state index contributed by atoms with van der Waals surface area (Å²) in [5.41, 5.74) is 1.94. The van der Waals surface area contributed by atoms with Crippen LogP contribution in [0.25, 0.3) is 0 Å². The van der Waals surface area contributed by atoms with Crippen LogP contribution in [0.5, 0.6) is 0 Å². The van der Waals surface area contributed by atoms with Gasteiger partial charge in [0.15, 0.2) is 0 Å².